The lowest BCUT2D eigenvalue weighted by Crippen LogP contribution is -2.06. The minimum Gasteiger partial charge on any atom is -0.497 e. The lowest BCUT2D eigenvalue weighted by molar-refractivity contribution is 0.287. The van der Waals surface area contributed by atoms with Crippen LogP contribution in [0.25, 0.3) is 0 Å². The molecule has 2 rings (SSSR count). The van der Waals surface area contributed by atoms with Gasteiger partial charge in [-0.15, -0.1) is 0 Å². The molecule has 5 nitrogen and oxygen atoms in total. The van der Waals surface area contributed by atoms with E-state index in [0.29, 0.717) is 11.4 Å². The minimum absolute atomic E-state index is 0.369. The van der Waals surface area contributed by atoms with Crippen LogP contribution in [0.4, 0.5) is 0 Å². The van der Waals surface area contributed by atoms with E-state index in [4.69, 9.17) is 21.7 Å². The fraction of sp³-hybridized carbons (Fsp3) is 0.333. The Morgan fingerprint density at radius 3 is 2.89 bits per heavy atom. The molecule has 0 aliphatic carbocycles. The van der Waals surface area contributed by atoms with Crippen molar-refractivity contribution >= 4 is 12.2 Å². The summed E-state index contributed by atoms with van der Waals surface area (Å²) in [4.78, 5) is 0. The molecule has 0 bridgehead atoms. The molecule has 6 heteroatoms. The molecule has 0 amide bonds. The first-order valence-electron chi connectivity index (χ1n) is 5.65. The van der Waals surface area contributed by atoms with E-state index in [2.05, 4.69) is 10.2 Å². The number of nitrogens with one attached hydrogen (secondary N) is 1. The normalized spacial score (nSPS) is 10.3. The minimum atomic E-state index is 0.369. The predicted molar refractivity (Wildman–Crippen MR) is 70.4 cm³/mol. The van der Waals surface area contributed by atoms with E-state index >= 15 is 0 Å². The zero-order valence-corrected chi connectivity index (χ0v) is 11.2. The van der Waals surface area contributed by atoms with Crippen molar-refractivity contribution in [1.29, 1.82) is 0 Å². The van der Waals surface area contributed by atoms with Crippen molar-refractivity contribution < 1.29 is 9.47 Å². The van der Waals surface area contributed by atoms with Gasteiger partial charge < -0.3 is 14.0 Å². The molecule has 0 atom stereocenters. The molecule has 0 radical (unpaired) electrons. The molecule has 1 heterocycles. The quantitative estimate of drug-likeness (QED) is 0.844. The second-order valence-electron chi connectivity index (χ2n) is 3.66. The highest BCUT2D eigenvalue weighted by Crippen LogP contribution is 2.19. The zero-order chi connectivity index (χ0) is 13.0. The fourth-order valence-corrected chi connectivity index (χ4v) is 1.91. The lowest BCUT2D eigenvalue weighted by atomic mass is 10.3. The molecule has 1 N–H and O–H groups in total. The largest absolute Gasteiger partial charge is 0.497 e. The average molecular weight is 265 g/mol. The van der Waals surface area contributed by atoms with Crippen LogP contribution in [0.15, 0.2) is 24.3 Å². The van der Waals surface area contributed by atoms with Crippen LogP contribution >= 0.6 is 12.2 Å². The lowest BCUT2D eigenvalue weighted by Gasteiger charge is -2.07. The molecule has 0 aliphatic rings. The number of nitrogens with zero attached hydrogens (tertiary/aromatic N) is 2. The molecule has 0 unspecified atom stereocenters. The highest BCUT2D eigenvalue weighted by molar-refractivity contribution is 7.71. The summed E-state index contributed by atoms with van der Waals surface area (Å²) < 4.78 is 13.3. The summed E-state index contributed by atoms with van der Waals surface area (Å²) in [7, 11) is 1.63. The van der Waals surface area contributed by atoms with Gasteiger partial charge in [-0.1, -0.05) is 6.07 Å². The molecule has 2 aromatic rings. The smallest absolute Gasteiger partial charge is 0.195 e. The fourth-order valence-electron chi connectivity index (χ4n) is 1.63. The monoisotopic (exact) mass is 265 g/mol. The van der Waals surface area contributed by atoms with Crippen molar-refractivity contribution in [2.24, 2.45) is 0 Å². The topological polar surface area (TPSA) is 52.1 Å². The van der Waals surface area contributed by atoms with Crippen molar-refractivity contribution in [2.45, 2.75) is 20.1 Å². The van der Waals surface area contributed by atoms with E-state index in [0.717, 1.165) is 23.9 Å². The van der Waals surface area contributed by atoms with Gasteiger partial charge in [-0.05, 0) is 31.3 Å². The number of aromatic amines is 1. The van der Waals surface area contributed by atoms with Gasteiger partial charge in [0.1, 0.15) is 18.1 Å². The van der Waals surface area contributed by atoms with Gasteiger partial charge in [-0.3, -0.25) is 5.10 Å². The summed E-state index contributed by atoms with van der Waals surface area (Å²) in [5.74, 6) is 2.29. The summed E-state index contributed by atoms with van der Waals surface area (Å²) in [5.41, 5.74) is 0. The number of hydrogen-bond acceptors (Lipinski definition) is 4. The van der Waals surface area contributed by atoms with Crippen molar-refractivity contribution in [1.82, 2.24) is 14.8 Å². The average Bonchev–Trinajstić information content (AvgIpc) is 2.77. The second-order valence-corrected chi connectivity index (χ2v) is 4.04. The molecular weight excluding hydrogens is 250 g/mol. The third kappa shape index (κ3) is 2.70. The summed E-state index contributed by atoms with van der Waals surface area (Å²) in [6, 6.07) is 7.46. The Kier molecular flexibility index (Phi) is 3.99. The van der Waals surface area contributed by atoms with E-state index in [1.165, 1.54) is 0 Å². The molecule has 1 aromatic heterocycles. The Labute approximate surface area is 110 Å². The van der Waals surface area contributed by atoms with Crippen LogP contribution in [0, 0.1) is 4.77 Å². The number of aromatic nitrogens is 3. The van der Waals surface area contributed by atoms with Gasteiger partial charge in [0.15, 0.2) is 10.6 Å². The first-order valence-corrected chi connectivity index (χ1v) is 6.06. The first-order chi connectivity index (χ1) is 8.74. The zero-order valence-electron chi connectivity index (χ0n) is 10.3. The maximum absolute atomic E-state index is 5.66. The standard InChI is InChI=1S/C12H15N3O2S/c1-3-15-11(13-14-12(15)18)8-17-10-6-4-5-9(7-10)16-2/h4-7H,3,8H2,1-2H3,(H,14,18). The van der Waals surface area contributed by atoms with Crippen molar-refractivity contribution in [3.63, 3.8) is 0 Å². The number of hydrogen-bond donors (Lipinski definition) is 1. The van der Waals surface area contributed by atoms with Crippen LogP contribution in [0.3, 0.4) is 0 Å². The first kappa shape index (κ1) is 12.6. The van der Waals surface area contributed by atoms with E-state index in [1.54, 1.807) is 7.11 Å². The molecule has 0 spiro atoms. The molecule has 1 aromatic carbocycles. The maximum atomic E-state index is 5.66. The van der Waals surface area contributed by atoms with Gasteiger partial charge in [0.25, 0.3) is 0 Å². The Bertz CT molecular complexity index is 577. The second kappa shape index (κ2) is 5.68. The van der Waals surface area contributed by atoms with Crippen LogP contribution in [0.2, 0.25) is 0 Å². The van der Waals surface area contributed by atoms with Crippen molar-refractivity contribution in [2.75, 3.05) is 7.11 Å². The molecule has 0 saturated carbocycles. The number of rotatable bonds is 5. The molecule has 96 valence electrons. The molecular formula is C12H15N3O2S. The van der Waals surface area contributed by atoms with Crippen LogP contribution in [-0.2, 0) is 13.2 Å². The maximum Gasteiger partial charge on any atom is 0.195 e. The third-order valence-electron chi connectivity index (χ3n) is 2.56. The number of methoxy groups -OCH3 is 1. The van der Waals surface area contributed by atoms with E-state index in [9.17, 15) is 0 Å². The van der Waals surface area contributed by atoms with Crippen LogP contribution in [-0.4, -0.2) is 21.9 Å². The summed E-state index contributed by atoms with van der Waals surface area (Å²) >= 11 is 5.11. The number of H-pyrrole nitrogens is 1. The van der Waals surface area contributed by atoms with Gasteiger partial charge in [-0.2, -0.15) is 5.10 Å². The molecule has 0 fully saturated rings. The van der Waals surface area contributed by atoms with Gasteiger partial charge >= 0.3 is 0 Å². The van der Waals surface area contributed by atoms with Crippen molar-refractivity contribution in [3.05, 3.63) is 34.9 Å². The summed E-state index contributed by atoms with van der Waals surface area (Å²) in [6.45, 7) is 3.15. The Hall–Kier alpha value is -1.82. The third-order valence-corrected chi connectivity index (χ3v) is 2.87. The van der Waals surface area contributed by atoms with Gasteiger partial charge in [0, 0.05) is 12.6 Å². The number of benzene rings is 1. The number of ether oxygens (including phenoxy) is 2. The van der Waals surface area contributed by atoms with Crippen LogP contribution in [0.5, 0.6) is 11.5 Å². The van der Waals surface area contributed by atoms with E-state index in [1.807, 2.05) is 35.8 Å². The van der Waals surface area contributed by atoms with E-state index in [-0.39, 0.29) is 0 Å². The Morgan fingerprint density at radius 1 is 1.39 bits per heavy atom. The molecule has 0 aliphatic heterocycles. The highest BCUT2D eigenvalue weighted by atomic mass is 32.1. The van der Waals surface area contributed by atoms with Gasteiger partial charge in [-0.25, -0.2) is 0 Å². The summed E-state index contributed by atoms with van der Waals surface area (Å²) in [5, 5.41) is 6.89. The highest BCUT2D eigenvalue weighted by Gasteiger charge is 2.05. The van der Waals surface area contributed by atoms with E-state index < -0.39 is 0 Å². The Balaban J connectivity index is 2.08. The predicted octanol–water partition coefficient (Wildman–Crippen LogP) is 2.55. The summed E-state index contributed by atoms with van der Waals surface area (Å²) in [6.07, 6.45) is 0. The van der Waals surface area contributed by atoms with Crippen molar-refractivity contribution in [3.8, 4) is 11.5 Å². The van der Waals surface area contributed by atoms with Gasteiger partial charge in [0.2, 0.25) is 0 Å². The van der Waals surface area contributed by atoms with Crippen LogP contribution < -0.4 is 9.47 Å². The molecule has 0 saturated heterocycles. The van der Waals surface area contributed by atoms with Gasteiger partial charge in [0.05, 0.1) is 7.11 Å². The van der Waals surface area contributed by atoms with Crippen LogP contribution in [0.1, 0.15) is 12.7 Å². The Morgan fingerprint density at radius 2 is 2.17 bits per heavy atom. The SMILES string of the molecule is CCn1c(COc2cccc(OC)c2)n[nH]c1=S. The molecule has 18 heavy (non-hydrogen) atoms.